The van der Waals surface area contributed by atoms with Crippen molar-refractivity contribution >= 4 is 17.6 Å². The van der Waals surface area contributed by atoms with E-state index in [1.165, 1.54) is 7.11 Å². The fourth-order valence-corrected chi connectivity index (χ4v) is 1.77. The number of pyridine rings is 1. The Kier molecular flexibility index (Phi) is 4.11. The standard InChI is InChI=1S/C12H13ClN4O2/c1-17-12(9-7-8(13)5-6-14-9)15-10(16-17)3-4-11(18)19-2/h5-7H,3-4H2,1-2H3. The molecule has 2 aromatic heterocycles. The van der Waals surface area contributed by atoms with Gasteiger partial charge in [0.25, 0.3) is 0 Å². The lowest BCUT2D eigenvalue weighted by atomic mass is 10.3. The summed E-state index contributed by atoms with van der Waals surface area (Å²) in [6, 6.07) is 3.41. The highest BCUT2D eigenvalue weighted by atomic mass is 35.5. The van der Waals surface area contributed by atoms with E-state index in [4.69, 9.17) is 11.6 Å². The van der Waals surface area contributed by atoms with E-state index in [9.17, 15) is 4.79 Å². The summed E-state index contributed by atoms with van der Waals surface area (Å²) in [5.41, 5.74) is 0.645. The number of aromatic nitrogens is 4. The normalized spacial score (nSPS) is 10.5. The van der Waals surface area contributed by atoms with E-state index in [-0.39, 0.29) is 12.4 Å². The lowest BCUT2D eigenvalue weighted by molar-refractivity contribution is -0.140. The Hall–Kier alpha value is -1.95. The number of nitrogens with zero attached hydrogens (tertiary/aromatic N) is 4. The summed E-state index contributed by atoms with van der Waals surface area (Å²) in [7, 11) is 3.13. The van der Waals surface area contributed by atoms with Crippen LogP contribution in [0.4, 0.5) is 0 Å². The summed E-state index contributed by atoms with van der Waals surface area (Å²) in [4.78, 5) is 19.6. The topological polar surface area (TPSA) is 69.9 Å². The van der Waals surface area contributed by atoms with Crippen molar-refractivity contribution in [2.24, 2.45) is 7.05 Å². The zero-order valence-corrected chi connectivity index (χ0v) is 11.4. The highest BCUT2D eigenvalue weighted by molar-refractivity contribution is 6.30. The first-order valence-corrected chi connectivity index (χ1v) is 6.06. The molecule has 0 bridgehead atoms. The Balaban J connectivity index is 2.19. The maximum atomic E-state index is 11.1. The van der Waals surface area contributed by atoms with Gasteiger partial charge in [-0.15, -0.1) is 0 Å². The molecule has 0 atom stereocenters. The van der Waals surface area contributed by atoms with Crippen molar-refractivity contribution in [1.82, 2.24) is 19.7 Å². The predicted octanol–water partition coefficient (Wildman–Crippen LogP) is 1.64. The first kappa shape index (κ1) is 13.5. The third kappa shape index (κ3) is 3.29. The molecule has 0 unspecified atom stereocenters. The molecular weight excluding hydrogens is 268 g/mol. The third-order valence-electron chi connectivity index (χ3n) is 2.54. The molecule has 100 valence electrons. The molecule has 0 N–H and O–H groups in total. The highest BCUT2D eigenvalue weighted by Gasteiger charge is 2.12. The number of carbonyl (C=O) groups is 1. The van der Waals surface area contributed by atoms with E-state index in [1.54, 1.807) is 30.1 Å². The van der Waals surface area contributed by atoms with Crippen molar-refractivity contribution in [2.75, 3.05) is 7.11 Å². The van der Waals surface area contributed by atoms with Gasteiger partial charge in [0, 0.05) is 24.7 Å². The minimum atomic E-state index is -0.283. The minimum absolute atomic E-state index is 0.253. The number of methoxy groups -OCH3 is 1. The maximum Gasteiger partial charge on any atom is 0.305 e. The largest absolute Gasteiger partial charge is 0.469 e. The summed E-state index contributed by atoms with van der Waals surface area (Å²) >= 11 is 5.92. The molecular formula is C12H13ClN4O2. The number of aryl methyl sites for hydroxylation is 2. The van der Waals surface area contributed by atoms with Gasteiger partial charge in [0.1, 0.15) is 5.69 Å². The van der Waals surface area contributed by atoms with E-state index in [1.807, 2.05) is 0 Å². The van der Waals surface area contributed by atoms with E-state index >= 15 is 0 Å². The predicted molar refractivity (Wildman–Crippen MR) is 69.6 cm³/mol. The molecule has 6 nitrogen and oxygen atoms in total. The van der Waals surface area contributed by atoms with Gasteiger partial charge in [0.2, 0.25) is 0 Å². The first-order valence-electron chi connectivity index (χ1n) is 5.69. The van der Waals surface area contributed by atoms with Crippen molar-refractivity contribution in [2.45, 2.75) is 12.8 Å². The SMILES string of the molecule is COC(=O)CCc1nc(-c2cc(Cl)ccn2)n(C)n1. The van der Waals surface area contributed by atoms with Gasteiger partial charge in [-0.2, -0.15) is 5.10 Å². The lowest BCUT2D eigenvalue weighted by Crippen LogP contribution is -2.03. The molecule has 0 aliphatic rings. The maximum absolute atomic E-state index is 11.1. The second kappa shape index (κ2) is 5.79. The number of hydrogen-bond acceptors (Lipinski definition) is 5. The number of rotatable bonds is 4. The number of halogens is 1. The number of hydrogen-bond donors (Lipinski definition) is 0. The molecule has 0 amide bonds. The van der Waals surface area contributed by atoms with Crippen LogP contribution in [0.3, 0.4) is 0 Å². The molecule has 0 aliphatic heterocycles. The van der Waals surface area contributed by atoms with Crippen LogP contribution in [0, 0.1) is 0 Å². The number of esters is 1. The van der Waals surface area contributed by atoms with Crippen molar-refractivity contribution in [3.8, 4) is 11.5 Å². The van der Waals surface area contributed by atoms with Crippen LogP contribution >= 0.6 is 11.6 Å². The van der Waals surface area contributed by atoms with Crippen LogP contribution in [0.2, 0.25) is 5.02 Å². The zero-order valence-electron chi connectivity index (χ0n) is 10.6. The monoisotopic (exact) mass is 280 g/mol. The average molecular weight is 281 g/mol. The number of ether oxygens (including phenoxy) is 1. The molecule has 0 saturated heterocycles. The Labute approximate surface area is 115 Å². The van der Waals surface area contributed by atoms with Crippen LogP contribution in [0.5, 0.6) is 0 Å². The summed E-state index contributed by atoms with van der Waals surface area (Å²) < 4.78 is 6.19. The fraction of sp³-hybridized carbons (Fsp3) is 0.333. The van der Waals surface area contributed by atoms with Gasteiger partial charge >= 0.3 is 5.97 Å². The highest BCUT2D eigenvalue weighted by Crippen LogP contribution is 2.18. The molecule has 2 heterocycles. The van der Waals surface area contributed by atoms with Crippen molar-refractivity contribution in [3.05, 3.63) is 29.2 Å². The van der Waals surface area contributed by atoms with Crippen molar-refractivity contribution in [3.63, 3.8) is 0 Å². The van der Waals surface area contributed by atoms with Crippen molar-refractivity contribution < 1.29 is 9.53 Å². The van der Waals surface area contributed by atoms with Crippen LogP contribution in [-0.2, 0) is 23.0 Å². The van der Waals surface area contributed by atoms with Crippen LogP contribution in [-0.4, -0.2) is 32.8 Å². The van der Waals surface area contributed by atoms with Crippen molar-refractivity contribution in [1.29, 1.82) is 0 Å². The first-order chi connectivity index (χ1) is 9.10. The van der Waals surface area contributed by atoms with E-state index < -0.39 is 0 Å². The molecule has 0 radical (unpaired) electrons. The Bertz CT molecular complexity index is 597. The molecule has 0 aliphatic carbocycles. The Morgan fingerprint density at radius 1 is 1.53 bits per heavy atom. The Morgan fingerprint density at radius 2 is 2.32 bits per heavy atom. The van der Waals surface area contributed by atoms with Crippen LogP contribution < -0.4 is 0 Å². The van der Waals surface area contributed by atoms with Gasteiger partial charge in [-0.05, 0) is 12.1 Å². The zero-order chi connectivity index (χ0) is 13.8. The van der Waals surface area contributed by atoms with Gasteiger partial charge in [0.15, 0.2) is 11.6 Å². The number of carbonyl (C=O) groups excluding carboxylic acids is 1. The molecule has 19 heavy (non-hydrogen) atoms. The quantitative estimate of drug-likeness (QED) is 0.796. The van der Waals surface area contributed by atoms with Crippen LogP contribution in [0.25, 0.3) is 11.5 Å². The van der Waals surface area contributed by atoms with E-state index in [0.29, 0.717) is 28.8 Å². The van der Waals surface area contributed by atoms with Gasteiger partial charge in [-0.3, -0.25) is 9.78 Å². The van der Waals surface area contributed by atoms with Gasteiger partial charge in [0.05, 0.1) is 13.5 Å². The van der Waals surface area contributed by atoms with Gasteiger partial charge in [-0.1, -0.05) is 11.6 Å². The molecule has 0 spiro atoms. The molecule has 0 aromatic carbocycles. The average Bonchev–Trinajstić information content (AvgIpc) is 2.77. The third-order valence-corrected chi connectivity index (χ3v) is 2.77. The second-order valence-electron chi connectivity index (χ2n) is 3.91. The van der Waals surface area contributed by atoms with Crippen LogP contribution in [0.15, 0.2) is 18.3 Å². The lowest BCUT2D eigenvalue weighted by Gasteiger charge is -1.98. The summed E-state index contributed by atoms with van der Waals surface area (Å²) in [6.07, 6.45) is 2.30. The van der Waals surface area contributed by atoms with Gasteiger partial charge in [-0.25, -0.2) is 9.67 Å². The summed E-state index contributed by atoms with van der Waals surface area (Å²) in [6.45, 7) is 0. The van der Waals surface area contributed by atoms with E-state index in [2.05, 4.69) is 19.8 Å². The van der Waals surface area contributed by atoms with Gasteiger partial charge < -0.3 is 4.74 Å². The van der Waals surface area contributed by atoms with E-state index in [0.717, 1.165) is 0 Å². The molecule has 2 rings (SSSR count). The minimum Gasteiger partial charge on any atom is -0.469 e. The molecule has 0 saturated carbocycles. The molecule has 0 fully saturated rings. The van der Waals surface area contributed by atoms with Crippen LogP contribution in [0.1, 0.15) is 12.2 Å². The second-order valence-corrected chi connectivity index (χ2v) is 4.35. The summed E-state index contributed by atoms with van der Waals surface area (Å²) in [5, 5.41) is 4.82. The fourth-order valence-electron chi connectivity index (χ4n) is 1.61. The summed E-state index contributed by atoms with van der Waals surface area (Å²) in [5.74, 6) is 0.905. The molecule has 7 heteroatoms. The smallest absolute Gasteiger partial charge is 0.305 e. The molecule has 2 aromatic rings. The Morgan fingerprint density at radius 3 is 3.00 bits per heavy atom.